The number of hydrogen-bond donors (Lipinski definition) is 1. The third kappa shape index (κ3) is 1.61. The van der Waals surface area contributed by atoms with E-state index in [9.17, 15) is 4.79 Å². The van der Waals surface area contributed by atoms with Crippen LogP contribution in [0.1, 0.15) is 32.4 Å². The predicted octanol–water partition coefficient (Wildman–Crippen LogP) is 1.70. The highest BCUT2D eigenvalue weighted by Gasteiger charge is 2.50. The Morgan fingerprint density at radius 2 is 1.75 bits per heavy atom. The van der Waals surface area contributed by atoms with Crippen LogP contribution in [-0.4, -0.2) is 22.4 Å². The van der Waals surface area contributed by atoms with E-state index >= 15 is 0 Å². The Kier molecular flexibility index (Phi) is 2.50. The first-order valence-electron chi connectivity index (χ1n) is 5.56. The zero-order chi connectivity index (χ0) is 11.9. The zero-order valence-electron chi connectivity index (χ0n) is 9.97. The van der Waals surface area contributed by atoms with Crippen LogP contribution in [0.4, 0.5) is 0 Å². The number of rotatable bonds is 1. The number of likely N-dealkylation sites (tertiary alicyclic amines) is 1. The summed E-state index contributed by atoms with van der Waals surface area (Å²) in [6.07, 6.45) is 0. The van der Waals surface area contributed by atoms with Crippen LogP contribution >= 0.6 is 0 Å². The molecule has 16 heavy (non-hydrogen) atoms. The molecule has 2 N–H and O–H groups in total. The van der Waals surface area contributed by atoms with E-state index < -0.39 is 0 Å². The van der Waals surface area contributed by atoms with Gasteiger partial charge in [0.1, 0.15) is 6.04 Å². The number of benzene rings is 1. The van der Waals surface area contributed by atoms with Crippen LogP contribution in [0.25, 0.3) is 0 Å². The molecular weight excluding hydrogens is 200 g/mol. The van der Waals surface area contributed by atoms with Gasteiger partial charge in [-0.05, 0) is 26.3 Å². The summed E-state index contributed by atoms with van der Waals surface area (Å²) < 4.78 is 0. The van der Waals surface area contributed by atoms with Gasteiger partial charge in [-0.2, -0.15) is 0 Å². The van der Waals surface area contributed by atoms with Crippen molar-refractivity contribution in [2.24, 2.45) is 5.73 Å². The quantitative estimate of drug-likeness (QED) is 0.729. The maximum absolute atomic E-state index is 11.8. The SMILES string of the molecule is CC(C)(C)N1C(=O)[C@H](N)[C@H]1c1ccccc1. The topological polar surface area (TPSA) is 46.3 Å². The van der Waals surface area contributed by atoms with Crippen molar-refractivity contribution in [2.75, 3.05) is 0 Å². The van der Waals surface area contributed by atoms with Crippen LogP contribution < -0.4 is 5.73 Å². The number of nitrogens with two attached hydrogens (primary N) is 1. The molecule has 1 heterocycles. The van der Waals surface area contributed by atoms with Gasteiger partial charge < -0.3 is 10.6 Å². The maximum Gasteiger partial charge on any atom is 0.243 e. The summed E-state index contributed by atoms with van der Waals surface area (Å²) in [6.45, 7) is 6.10. The van der Waals surface area contributed by atoms with Gasteiger partial charge in [0.25, 0.3) is 0 Å². The summed E-state index contributed by atoms with van der Waals surface area (Å²) in [6, 6.07) is 9.61. The Balaban J connectivity index is 2.31. The Bertz CT molecular complexity index is 394. The molecule has 1 aromatic rings. The highest BCUT2D eigenvalue weighted by Crippen LogP contribution is 2.39. The Hall–Kier alpha value is -1.35. The molecule has 0 unspecified atom stereocenters. The van der Waals surface area contributed by atoms with Crippen molar-refractivity contribution in [1.82, 2.24) is 4.90 Å². The van der Waals surface area contributed by atoms with Crippen molar-refractivity contribution < 1.29 is 4.79 Å². The molecule has 3 nitrogen and oxygen atoms in total. The molecule has 0 aliphatic carbocycles. The highest BCUT2D eigenvalue weighted by molar-refractivity contribution is 5.90. The summed E-state index contributed by atoms with van der Waals surface area (Å²) >= 11 is 0. The van der Waals surface area contributed by atoms with Crippen LogP contribution in [0.2, 0.25) is 0 Å². The van der Waals surface area contributed by atoms with Gasteiger partial charge in [0.2, 0.25) is 5.91 Å². The monoisotopic (exact) mass is 218 g/mol. The molecule has 1 aliphatic rings. The number of hydrogen-bond acceptors (Lipinski definition) is 2. The van der Waals surface area contributed by atoms with E-state index in [-0.39, 0.29) is 23.5 Å². The lowest BCUT2D eigenvalue weighted by molar-refractivity contribution is -0.158. The zero-order valence-corrected chi connectivity index (χ0v) is 9.97. The lowest BCUT2D eigenvalue weighted by atomic mass is 9.84. The van der Waals surface area contributed by atoms with Gasteiger partial charge in [-0.15, -0.1) is 0 Å². The molecule has 1 aliphatic heterocycles. The summed E-state index contributed by atoms with van der Waals surface area (Å²) in [5.74, 6) is 0.0429. The van der Waals surface area contributed by atoms with Gasteiger partial charge in [-0.1, -0.05) is 30.3 Å². The van der Waals surface area contributed by atoms with Gasteiger partial charge in [0.05, 0.1) is 6.04 Å². The third-order valence-electron chi connectivity index (χ3n) is 3.00. The van der Waals surface area contributed by atoms with Crippen LogP contribution in [0.15, 0.2) is 30.3 Å². The lowest BCUT2D eigenvalue weighted by Crippen LogP contribution is -2.68. The summed E-state index contributed by atoms with van der Waals surface area (Å²) in [5, 5.41) is 0. The Labute approximate surface area is 96.2 Å². The first kappa shape index (κ1) is 11.1. The van der Waals surface area contributed by atoms with Crippen molar-refractivity contribution in [3.8, 4) is 0 Å². The number of amides is 1. The van der Waals surface area contributed by atoms with Crippen LogP contribution in [-0.2, 0) is 4.79 Å². The van der Waals surface area contributed by atoms with Crippen LogP contribution in [0, 0.1) is 0 Å². The standard InChI is InChI=1S/C13H18N2O/c1-13(2,3)15-11(10(14)12(15)16)9-7-5-4-6-8-9/h4-8,10-11H,14H2,1-3H3/t10-,11-/m1/s1. The molecule has 3 heteroatoms. The molecule has 0 bridgehead atoms. The minimum atomic E-state index is -0.387. The molecule has 1 saturated heterocycles. The van der Waals surface area contributed by atoms with Gasteiger partial charge in [-0.3, -0.25) is 4.79 Å². The number of carbonyl (C=O) groups is 1. The molecule has 2 rings (SSSR count). The van der Waals surface area contributed by atoms with Crippen molar-refractivity contribution >= 4 is 5.91 Å². The largest absolute Gasteiger partial charge is 0.327 e. The summed E-state index contributed by atoms with van der Waals surface area (Å²) in [5.41, 5.74) is 6.84. The third-order valence-corrected chi connectivity index (χ3v) is 3.00. The maximum atomic E-state index is 11.8. The molecule has 86 valence electrons. The van der Waals surface area contributed by atoms with Crippen molar-refractivity contribution in [2.45, 2.75) is 38.4 Å². The van der Waals surface area contributed by atoms with Gasteiger partial charge in [-0.25, -0.2) is 0 Å². The normalized spacial score (nSPS) is 25.5. The first-order chi connectivity index (χ1) is 7.43. The Morgan fingerprint density at radius 1 is 1.19 bits per heavy atom. The van der Waals surface area contributed by atoms with Crippen molar-refractivity contribution in [1.29, 1.82) is 0 Å². The minimum Gasteiger partial charge on any atom is -0.327 e. The fourth-order valence-electron chi connectivity index (χ4n) is 2.27. The smallest absolute Gasteiger partial charge is 0.243 e. The van der Waals surface area contributed by atoms with E-state index in [1.165, 1.54) is 0 Å². The molecular formula is C13H18N2O. The lowest BCUT2D eigenvalue weighted by Gasteiger charge is -2.52. The fourth-order valence-corrected chi connectivity index (χ4v) is 2.27. The molecule has 2 atom stereocenters. The first-order valence-corrected chi connectivity index (χ1v) is 5.56. The molecule has 0 saturated carbocycles. The highest BCUT2D eigenvalue weighted by atomic mass is 16.2. The Morgan fingerprint density at radius 3 is 2.25 bits per heavy atom. The number of carbonyl (C=O) groups excluding carboxylic acids is 1. The fraction of sp³-hybridized carbons (Fsp3) is 0.462. The molecule has 0 aromatic heterocycles. The van der Waals surface area contributed by atoms with E-state index in [4.69, 9.17) is 5.73 Å². The molecule has 0 spiro atoms. The predicted molar refractivity (Wildman–Crippen MR) is 63.8 cm³/mol. The average Bonchev–Trinajstić information content (AvgIpc) is 2.23. The van der Waals surface area contributed by atoms with Crippen molar-refractivity contribution in [3.05, 3.63) is 35.9 Å². The second-order valence-electron chi connectivity index (χ2n) is 5.26. The van der Waals surface area contributed by atoms with Gasteiger partial charge in [0, 0.05) is 5.54 Å². The van der Waals surface area contributed by atoms with Gasteiger partial charge >= 0.3 is 0 Å². The van der Waals surface area contributed by atoms with E-state index in [0.29, 0.717) is 0 Å². The second-order valence-corrected chi connectivity index (χ2v) is 5.26. The van der Waals surface area contributed by atoms with E-state index in [1.54, 1.807) is 0 Å². The molecule has 1 amide bonds. The van der Waals surface area contributed by atoms with Crippen LogP contribution in [0.5, 0.6) is 0 Å². The van der Waals surface area contributed by atoms with E-state index in [2.05, 4.69) is 0 Å². The van der Waals surface area contributed by atoms with Gasteiger partial charge in [0.15, 0.2) is 0 Å². The van der Waals surface area contributed by atoms with E-state index in [0.717, 1.165) is 5.56 Å². The molecule has 0 radical (unpaired) electrons. The molecule has 1 aromatic carbocycles. The summed E-state index contributed by atoms with van der Waals surface area (Å²) in [4.78, 5) is 13.7. The molecule has 1 fully saturated rings. The summed E-state index contributed by atoms with van der Waals surface area (Å²) in [7, 11) is 0. The number of β-lactam (4-membered cyclic amide) rings is 1. The minimum absolute atomic E-state index is 0.0219. The van der Waals surface area contributed by atoms with E-state index in [1.807, 2.05) is 56.0 Å². The number of nitrogens with zero attached hydrogens (tertiary/aromatic N) is 1. The van der Waals surface area contributed by atoms with Crippen LogP contribution in [0.3, 0.4) is 0 Å². The second kappa shape index (κ2) is 3.59. The van der Waals surface area contributed by atoms with Crippen molar-refractivity contribution in [3.63, 3.8) is 0 Å². The average molecular weight is 218 g/mol.